The van der Waals surface area contributed by atoms with Gasteiger partial charge in [0, 0.05) is 30.5 Å². The third-order valence-corrected chi connectivity index (χ3v) is 4.43. The van der Waals surface area contributed by atoms with Gasteiger partial charge in [-0.3, -0.25) is 0 Å². The van der Waals surface area contributed by atoms with E-state index in [1.165, 1.54) is 5.01 Å². The average molecular weight is 284 g/mol. The quantitative estimate of drug-likeness (QED) is 0.807. The maximum Gasteiger partial charge on any atom is 0.0982 e. The van der Waals surface area contributed by atoms with Crippen LogP contribution in [0.2, 0.25) is 0 Å². The van der Waals surface area contributed by atoms with E-state index >= 15 is 0 Å². The summed E-state index contributed by atoms with van der Waals surface area (Å²) >= 11 is 1.74. The number of hydrogen-bond acceptors (Lipinski definition) is 4. The SMILES string of the molecule is CC(C)(CCCO)CNCc1csc(C(C)(C)C)n1. The van der Waals surface area contributed by atoms with Crippen LogP contribution in [0.1, 0.15) is 58.2 Å². The van der Waals surface area contributed by atoms with Gasteiger partial charge in [-0.1, -0.05) is 34.6 Å². The van der Waals surface area contributed by atoms with Gasteiger partial charge in [-0.05, 0) is 18.3 Å². The molecule has 1 aromatic rings. The Morgan fingerprint density at radius 3 is 2.47 bits per heavy atom. The van der Waals surface area contributed by atoms with E-state index in [0.29, 0.717) is 0 Å². The first-order chi connectivity index (χ1) is 8.74. The monoisotopic (exact) mass is 284 g/mol. The van der Waals surface area contributed by atoms with Gasteiger partial charge in [-0.25, -0.2) is 4.98 Å². The molecule has 0 saturated heterocycles. The Labute approximate surface area is 121 Å². The first-order valence-corrected chi connectivity index (χ1v) is 7.89. The second-order valence-electron chi connectivity index (χ2n) is 6.99. The van der Waals surface area contributed by atoms with Crippen LogP contribution in [0, 0.1) is 5.41 Å². The van der Waals surface area contributed by atoms with Crippen molar-refractivity contribution >= 4 is 11.3 Å². The highest BCUT2D eigenvalue weighted by Gasteiger charge is 2.19. The zero-order valence-electron chi connectivity index (χ0n) is 12.9. The van der Waals surface area contributed by atoms with Crippen molar-refractivity contribution in [3.8, 4) is 0 Å². The fourth-order valence-electron chi connectivity index (χ4n) is 1.91. The van der Waals surface area contributed by atoms with Crippen molar-refractivity contribution in [3.63, 3.8) is 0 Å². The Morgan fingerprint density at radius 2 is 1.95 bits per heavy atom. The van der Waals surface area contributed by atoms with Crippen LogP contribution in [0.5, 0.6) is 0 Å². The average Bonchev–Trinajstić information content (AvgIpc) is 2.74. The van der Waals surface area contributed by atoms with Crippen molar-refractivity contribution < 1.29 is 5.11 Å². The topological polar surface area (TPSA) is 45.1 Å². The van der Waals surface area contributed by atoms with Gasteiger partial charge in [-0.15, -0.1) is 11.3 Å². The van der Waals surface area contributed by atoms with Crippen molar-refractivity contribution in [3.05, 3.63) is 16.1 Å². The summed E-state index contributed by atoms with van der Waals surface area (Å²) in [5, 5.41) is 15.7. The predicted molar refractivity (Wildman–Crippen MR) is 82.6 cm³/mol. The van der Waals surface area contributed by atoms with E-state index in [4.69, 9.17) is 5.11 Å². The van der Waals surface area contributed by atoms with Crippen molar-refractivity contribution in [1.82, 2.24) is 10.3 Å². The summed E-state index contributed by atoms with van der Waals surface area (Å²) < 4.78 is 0. The predicted octanol–water partition coefficient (Wildman–Crippen LogP) is 3.33. The Balaban J connectivity index is 2.39. The zero-order valence-corrected chi connectivity index (χ0v) is 13.7. The standard InChI is InChI=1S/C15H28N2OS/c1-14(2,3)13-17-12(10-19-13)9-16-11-15(4,5)7-6-8-18/h10,16,18H,6-9,11H2,1-5H3. The highest BCUT2D eigenvalue weighted by molar-refractivity contribution is 7.09. The normalized spacial score (nSPS) is 12.9. The van der Waals surface area contributed by atoms with Gasteiger partial charge in [0.15, 0.2) is 0 Å². The lowest BCUT2D eigenvalue weighted by Crippen LogP contribution is -2.29. The number of aliphatic hydroxyl groups is 1. The molecule has 1 aromatic heterocycles. The Kier molecular flexibility index (Phi) is 5.96. The number of hydrogen-bond donors (Lipinski definition) is 2. The summed E-state index contributed by atoms with van der Waals surface area (Å²) in [5.41, 5.74) is 1.50. The number of thiazole rings is 1. The number of aromatic nitrogens is 1. The number of nitrogens with one attached hydrogen (secondary N) is 1. The molecule has 110 valence electrons. The third kappa shape index (κ3) is 6.02. The molecule has 1 heterocycles. The molecular formula is C15H28N2OS. The molecule has 0 aliphatic rings. The van der Waals surface area contributed by atoms with E-state index in [2.05, 4.69) is 50.3 Å². The smallest absolute Gasteiger partial charge is 0.0982 e. The van der Waals surface area contributed by atoms with Gasteiger partial charge < -0.3 is 10.4 Å². The fourth-order valence-corrected chi connectivity index (χ4v) is 2.81. The van der Waals surface area contributed by atoms with E-state index in [0.717, 1.165) is 31.6 Å². The van der Waals surface area contributed by atoms with E-state index in [-0.39, 0.29) is 17.4 Å². The molecule has 0 radical (unpaired) electrons. The molecule has 0 bridgehead atoms. The van der Waals surface area contributed by atoms with Crippen LogP contribution < -0.4 is 5.32 Å². The number of rotatable bonds is 7. The van der Waals surface area contributed by atoms with Gasteiger partial charge in [0.2, 0.25) is 0 Å². The summed E-state index contributed by atoms with van der Waals surface area (Å²) in [6.07, 6.45) is 1.92. The summed E-state index contributed by atoms with van der Waals surface area (Å²) in [7, 11) is 0. The van der Waals surface area contributed by atoms with E-state index < -0.39 is 0 Å². The first-order valence-electron chi connectivity index (χ1n) is 7.01. The minimum atomic E-state index is 0.142. The summed E-state index contributed by atoms with van der Waals surface area (Å²) in [6, 6.07) is 0. The molecule has 1 rings (SSSR count). The molecule has 4 heteroatoms. The molecule has 0 aliphatic carbocycles. The molecule has 2 N–H and O–H groups in total. The lowest BCUT2D eigenvalue weighted by molar-refractivity contribution is 0.236. The summed E-state index contributed by atoms with van der Waals surface area (Å²) in [4.78, 5) is 4.68. The van der Waals surface area contributed by atoms with Gasteiger partial charge in [-0.2, -0.15) is 0 Å². The first kappa shape index (κ1) is 16.6. The lowest BCUT2D eigenvalue weighted by Gasteiger charge is -2.24. The molecular weight excluding hydrogens is 256 g/mol. The minimum Gasteiger partial charge on any atom is -0.396 e. The largest absolute Gasteiger partial charge is 0.396 e. The molecule has 0 fully saturated rings. The van der Waals surface area contributed by atoms with E-state index in [1.54, 1.807) is 11.3 Å². The number of aliphatic hydroxyl groups excluding tert-OH is 1. The highest BCUT2D eigenvalue weighted by Crippen LogP contribution is 2.25. The molecule has 0 aliphatic heterocycles. The van der Waals surface area contributed by atoms with Crippen LogP contribution in [0.15, 0.2) is 5.38 Å². The summed E-state index contributed by atoms with van der Waals surface area (Å²) in [5.74, 6) is 0. The van der Waals surface area contributed by atoms with Crippen LogP contribution in [0.3, 0.4) is 0 Å². The van der Waals surface area contributed by atoms with Crippen molar-refractivity contribution in [2.75, 3.05) is 13.2 Å². The second-order valence-corrected chi connectivity index (χ2v) is 7.85. The number of nitrogens with zero attached hydrogens (tertiary/aromatic N) is 1. The maximum atomic E-state index is 8.88. The van der Waals surface area contributed by atoms with Crippen LogP contribution in [-0.2, 0) is 12.0 Å². The van der Waals surface area contributed by atoms with Crippen LogP contribution in [-0.4, -0.2) is 23.2 Å². The summed E-state index contributed by atoms with van der Waals surface area (Å²) in [6.45, 7) is 13.1. The van der Waals surface area contributed by atoms with Crippen LogP contribution in [0.25, 0.3) is 0 Å². The van der Waals surface area contributed by atoms with Crippen LogP contribution >= 0.6 is 11.3 Å². The lowest BCUT2D eigenvalue weighted by atomic mass is 9.88. The fraction of sp³-hybridized carbons (Fsp3) is 0.800. The van der Waals surface area contributed by atoms with Crippen LogP contribution in [0.4, 0.5) is 0 Å². The molecule has 0 amide bonds. The molecule has 19 heavy (non-hydrogen) atoms. The van der Waals surface area contributed by atoms with Gasteiger partial charge in [0.05, 0.1) is 10.7 Å². The van der Waals surface area contributed by atoms with E-state index in [9.17, 15) is 0 Å². The van der Waals surface area contributed by atoms with Gasteiger partial charge in [0.1, 0.15) is 0 Å². The molecule has 0 unspecified atom stereocenters. The Morgan fingerprint density at radius 1 is 1.26 bits per heavy atom. The van der Waals surface area contributed by atoms with E-state index in [1.807, 2.05) is 0 Å². The second kappa shape index (κ2) is 6.82. The van der Waals surface area contributed by atoms with Gasteiger partial charge >= 0.3 is 0 Å². The molecule has 0 atom stereocenters. The molecule has 0 spiro atoms. The highest BCUT2D eigenvalue weighted by atomic mass is 32.1. The Hall–Kier alpha value is -0.450. The van der Waals surface area contributed by atoms with Crippen molar-refractivity contribution in [1.29, 1.82) is 0 Å². The molecule has 0 saturated carbocycles. The molecule has 0 aromatic carbocycles. The maximum absolute atomic E-state index is 8.88. The Bertz CT molecular complexity index is 380. The van der Waals surface area contributed by atoms with Crippen molar-refractivity contribution in [2.24, 2.45) is 5.41 Å². The minimum absolute atomic E-state index is 0.142. The zero-order chi connectivity index (χ0) is 14.5. The van der Waals surface area contributed by atoms with Crippen molar-refractivity contribution in [2.45, 2.75) is 59.4 Å². The molecule has 3 nitrogen and oxygen atoms in total. The third-order valence-electron chi connectivity index (χ3n) is 3.11. The van der Waals surface area contributed by atoms with Gasteiger partial charge in [0.25, 0.3) is 0 Å².